The SMILES string of the molecule is Cl.O=C(NCCC1CCCNC1)c1cc2ccccc2c(=O)[nH]1. The smallest absolute Gasteiger partial charge is 0.267 e. The van der Waals surface area contributed by atoms with Crippen LogP contribution in [0.5, 0.6) is 0 Å². The van der Waals surface area contributed by atoms with Gasteiger partial charge in [0, 0.05) is 11.9 Å². The highest BCUT2D eigenvalue weighted by molar-refractivity contribution is 5.96. The predicted molar refractivity (Wildman–Crippen MR) is 94.4 cm³/mol. The monoisotopic (exact) mass is 335 g/mol. The summed E-state index contributed by atoms with van der Waals surface area (Å²) in [5, 5.41) is 7.66. The Bertz CT molecular complexity index is 723. The third kappa shape index (κ3) is 4.33. The number of amides is 1. The Kier molecular flexibility index (Phi) is 6.19. The van der Waals surface area contributed by atoms with E-state index in [1.807, 2.05) is 18.2 Å². The first kappa shape index (κ1) is 17.5. The largest absolute Gasteiger partial charge is 0.351 e. The number of H-pyrrole nitrogens is 1. The number of benzene rings is 1. The fourth-order valence-electron chi connectivity index (χ4n) is 2.99. The summed E-state index contributed by atoms with van der Waals surface area (Å²) < 4.78 is 0. The molecule has 0 saturated carbocycles. The number of nitrogens with one attached hydrogen (secondary N) is 3. The summed E-state index contributed by atoms with van der Waals surface area (Å²) in [5.74, 6) is 0.413. The van der Waals surface area contributed by atoms with Crippen LogP contribution in [0.15, 0.2) is 35.1 Å². The number of aromatic amines is 1. The minimum Gasteiger partial charge on any atom is -0.351 e. The normalized spacial score (nSPS) is 17.5. The van der Waals surface area contributed by atoms with Crippen LogP contribution >= 0.6 is 12.4 Å². The highest BCUT2D eigenvalue weighted by Crippen LogP contribution is 2.13. The van der Waals surface area contributed by atoms with Crippen molar-refractivity contribution < 1.29 is 4.79 Å². The van der Waals surface area contributed by atoms with Gasteiger partial charge in [-0.15, -0.1) is 12.4 Å². The first-order chi connectivity index (χ1) is 10.7. The molecular formula is C17H22ClN3O2. The first-order valence-electron chi connectivity index (χ1n) is 7.85. The summed E-state index contributed by atoms with van der Waals surface area (Å²) >= 11 is 0. The molecule has 1 aliphatic heterocycles. The zero-order valence-electron chi connectivity index (χ0n) is 12.9. The maximum atomic E-state index is 12.2. The Morgan fingerprint density at radius 1 is 1.30 bits per heavy atom. The second-order valence-corrected chi connectivity index (χ2v) is 5.86. The summed E-state index contributed by atoms with van der Waals surface area (Å²) in [6.45, 7) is 2.77. The Morgan fingerprint density at radius 2 is 2.13 bits per heavy atom. The Hall–Kier alpha value is -1.85. The van der Waals surface area contributed by atoms with Crippen molar-refractivity contribution >= 4 is 29.1 Å². The predicted octanol–water partition coefficient (Wildman–Crippen LogP) is 2.07. The second-order valence-electron chi connectivity index (χ2n) is 5.86. The van der Waals surface area contributed by atoms with E-state index in [2.05, 4.69) is 15.6 Å². The third-order valence-electron chi connectivity index (χ3n) is 4.24. The summed E-state index contributed by atoms with van der Waals surface area (Å²) in [5.41, 5.74) is 0.102. The number of halogens is 1. The molecule has 1 unspecified atom stereocenters. The molecule has 1 aliphatic rings. The van der Waals surface area contributed by atoms with Crippen LogP contribution in [-0.4, -0.2) is 30.5 Å². The van der Waals surface area contributed by atoms with Crippen LogP contribution in [0.1, 0.15) is 29.8 Å². The first-order valence-corrected chi connectivity index (χ1v) is 7.85. The lowest BCUT2D eigenvalue weighted by Crippen LogP contribution is -2.33. The molecule has 3 N–H and O–H groups in total. The van der Waals surface area contributed by atoms with E-state index in [0.29, 0.717) is 23.5 Å². The van der Waals surface area contributed by atoms with Gasteiger partial charge in [0.25, 0.3) is 11.5 Å². The van der Waals surface area contributed by atoms with Crippen molar-refractivity contribution in [2.75, 3.05) is 19.6 Å². The third-order valence-corrected chi connectivity index (χ3v) is 4.24. The second kappa shape index (κ2) is 8.13. The molecule has 1 amide bonds. The van der Waals surface area contributed by atoms with E-state index in [1.165, 1.54) is 12.8 Å². The van der Waals surface area contributed by atoms with Crippen molar-refractivity contribution in [1.82, 2.24) is 15.6 Å². The number of carbonyl (C=O) groups is 1. The molecule has 0 aliphatic carbocycles. The number of fused-ring (bicyclic) bond motifs is 1. The van der Waals surface area contributed by atoms with E-state index in [-0.39, 0.29) is 23.9 Å². The molecule has 3 rings (SSSR count). The van der Waals surface area contributed by atoms with E-state index < -0.39 is 0 Å². The van der Waals surface area contributed by atoms with E-state index in [0.717, 1.165) is 24.9 Å². The van der Waals surface area contributed by atoms with E-state index in [9.17, 15) is 9.59 Å². The van der Waals surface area contributed by atoms with Crippen LogP contribution in [0.2, 0.25) is 0 Å². The zero-order valence-corrected chi connectivity index (χ0v) is 13.7. The van der Waals surface area contributed by atoms with Gasteiger partial charge < -0.3 is 15.6 Å². The number of aromatic nitrogens is 1. The van der Waals surface area contributed by atoms with Crippen molar-refractivity contribution in [3.8, 4) is 0 Å². The number of pyridine rings is 1. The molecule has 0 bridgehead atoms. The number of piperidine rings is 1. The lowest BCUT2D eigenvalue weighted by Gasteiger charge is -2.22. The minimum absolute atomic E-state index is 0. The summed E-state index contributed by atoms with van der Waals surface area (Å²) in [4.78, 5) is 26.8. The fourth-order valence-corrected chi connectivity index (χ4v) is 2.99. The molecule has 0 spiro atoms. The average Bonchev–Trinajstić information content (AvgIpc) is 2.56. The molecule has 6 heteroatoms. The molecular weight excluding hydrogens is 314 g/mol. The summed E-state index contributed by atoms with van der Waals surface area (Å²) in [7, 11) is 0. The van der Waals surface area contributed by atoms with Crippen molar-refractivity contribution in [3.05, 3.63) is 46.4 Å². The summed E-state index contributed by atoms with van der Waals surface area (Å²) in [6.07, 6.45) is 3.39. The van der Waals surface area contributed by atoms with Gasteiger partial charge >= 0.3 is 0 Å². The van der Waals surface area contributed by atoms with Crippen LogP contribution in [0.4, 0.5) is 0 Å². The van der Waals surface area contributed by atoms with Crippen LogP contribution in [0.3, 0.4) is 0 Å². The van der Waals surface area contributed by atoms with Gasteiger partial charge in [-0.3, -0.25) is 9.59 Å². The van der Waals surface area contributed by atoms with Gasteiger partial charge in [-0.25, -0.2) is 0 Å². The van der Waals surface area contributed by atoms with Crippen molar-refractivity contribution in [2.45, 2.75) is 19.3 Å². The van der Waals surface area contributed by atoms with Gasteiger partial charge in [0.1, 0.15) is 5.69 Å². The quantitative estimate of drug-likeness (QED) is 0.800. The molecule has 2 heterocycles. The molecule has 1 fully saturated rings. The number of carbonyl (C=O) groups excluding carboxylic acids is 1. The van der Waals surface area contributed by atoms with Crippen LogP contribution in [0, 0.1) is 5.92 Å². The maximum absolute atomic E-state index is 12.2. The van der Waals surface area contributed by atoms with Gasteiger partial charge in [0.15, 0.2) is 0 Å². The molecule has 1 aromatic heterocycles. The molecule has 1 saturated heterocycles. The van der Waals surface area contributed by atoms with Gasteiger partial charge in [0.2, 0.25) is 0 Å². The van der Waals surface area contributed by atoms with Crippen LogP contribution in [-0.2, 0) is 0 Å². The van der Waals surface area contributed by atoms with Gasteiger partial charge in [-0.05, 0) is 55.8 Å². The average molecular weight is 336 g/mol. The molecule has 2 aromatic rings. The Balaban J connectivity index is 0.00000192. The van der Waals surface area contributed by atoms with Crippen LogP contribution in [0.25, 0.3) is 10.8 Å². The topological polar surface area (TPSA) is 74.0 Å². The molecule has 0 radical (unpaired) electrons. The lowest BCUT2D eigenvalue weighted by molar-refractivity contribution is 0.0945. The number of hydrogen-bond donors (Lipinski definition) is 3. The van der Waals surface area contributed by atoms with Crippen molar-refractivity contribution in [1.29, 1.82) is 0 Å². The van der Waals surface area contributed by atoms with Gasteiger partial charge in [-0.2, -0.15) is 0 Å². The molecule has 1 aromatic carbocycles. The van der Waals surface area contributed by atoms with Gasteiger partial charge in [-0.1, -0.05) is 18.2 Å². The van der Waals surface area contributed by atoms with Crippen molar-refractivity contribution in [2.24, 2.45) is 5.92 Å². The number of rotatable bonds is 4. The fraction of sp³-hybridized carbons (Fsp3) is 0.412. The standard InChI is InChI=1S/C17H21N3O2.ClH/c21-16-14-6-2-1-5-13(14)10-15(20-16)17(22)19-9-7-12-4-3-8-18-11-12;/h1-2,5-6,10,12,18H,3-4,7-9,11H2,(H,19,22)(H,20,21);1H. The van der Waals surface area contributed by atoms with Crippen LogP contribution < -0.4 is 16.2 Å². The number of hydrogen-bond acceptors (Lipinski definition) is 3. The van der Waals surface area contributed by atoms with E-state index in [4.69, 9.17) is 0 Å². The molecule has 1 atom stereocenters. The molecule has 23 heavy (non-hydrogen) atoms. The van der Waals surface area contributed by atoms with Crippen molar-refractivity contribution in [3.63, 3.8) is 0 Å². The van der Waals surface area contributed by atoms with E-state index >= 15 is 0 Å². The zero-order chi connectivity index (χ0) is 15.4. The summed E-state index contributed by atoms with van der Waals surface area (Å²) in [6, 6.07) is 9.00. The van der Waals surface area contributed by atoms with Gasteiger partial charge in [0.05, 0.1) is 0 Å². The lowest BCUT2D eigenvalue weighted by atomic mass is 9.96. The highest BCUT2D eigenvalue weighted by atomic mass is 35.5. The Labute approximate surface area is 141 Å². The Morgan fingerprint density at radius 3 is 2.91 bits per heavy atom. The highest BCUT2D eigenvalue weighted by Gasteiger charge is 2.14. The molecule has 5 nitrogen and oxygen atoms in total. The minimum atomic E-state index is -0.222. The maximum Gasteiger partial charge on any atom is 0.267 e. The van der Waals surface area contributed by atoms with E-state index in [1.54, 1.807) is 12.1 Å². The molecule has 124 valence electrons.